The molecule has 1 N–H and O–H groups in total. The van der Waals surface area contributed by atoms with Gasteiger partial charge in [0.05, 0.1) is 5.56 Å². The number of nitrogens with one attached hydrogen (secondary N) is 1. The van der Waals surface area contributed by atoms with Crippen LogP contribution in [0.5, 0.6) is 5.75 Å². The topological polar surface area (TPSA) is 38.3 Å². The Labute approximate surface area is 117 Å². The second-order valence-electron chi connectivity index (χ2n) is 3.98. The smallest absolute Gasteiger partial charge is 0.387 e. The molecule has 0 heterocycles. The number of alkyl halides is 2. The van der Waals surface area contributed by atoms with Crippen molar-refractivity contribution in [3.63, 3.8) is 0 Å². The van der Waals surface area contributed by atoms with Crippen LogP contribution in [0.4, 0.5) is 23.2 Å². The van der Waals surface area contributed by atoms with E-state index in [0.717, 1.165) is 12.1 Å². The van der Waals surface area contributed by atoms with Crippen LogP contribution in [0.1, 0.15) is 10.4 Å². The normalized spacial score (nSPS) is 10.5. The average molecular weight is 299 g/mol. The highest BCUT2D eigenvalue weighted by molar-refractivity contribution is 6.04. The first kappa shape index (κ1) is 14.8. The lowest BCUT2D eigenvalue weighted by molar-refractivity contribution is -0.0498. The fourth-order valence-electron chi connectivity index (χ4n) is 1.59. The van der Waals surface area contributed by atoms with Gasteiger partial charge in [0.15, 0.2) is 0 Å². The van der Waals surface area contributed by atoms with Gasteiger partial charge >= 0.3 is 6.61 Å². The van der Waals surface area contributed by atoms with Crippen molar-refractivity contribution in [2.24, 2.45) is 0 Å². The van der Waals surface area contributed by atoms with E-state index in [1.807, 2.05) is 0 Å². The van der Waals surface area contributed by atoms with Crippen molar-refractivity contribution in [2.75, 3.05) is 5.32 Å². The van der Waals surface area contributed by atoms with Gasteiger partial charge in [0.2, 0.25) is 0 Å². The van der Waals surface area contributed by atoms with Crippen molar-refractivity contribution in [1.82, 2.24) is 0 Å². The first-order valence-electron chi connectivity index (χ1n) is 5.77. The van der Waals surface area contributed by atoms with Gasteiger partial charge in [-0.05, 0) is 36.4 Å². The van der Waals surface area contributed by atoms with Crippen LogP contribution in [0.3, 0.4) is 0 Å². The summed E-state index contributed by atoms with van der Waals surface area (Å²) in [5, 5.41) is 2.35. The first-order chi connectivity index (χ1) is 9.95. The van der Waals surface area contributed by atoms with E-state index in [9.17, 15) is 22.4 Å². The molecule has 7 heteroatoms. The molecule has 0 spiro atoms. The molecule has 0 bridgehead atoms. The van der Waals surface area contributed by atoms with E-state index < -0.39 is 24.2 Å². The van der Waals surface area contributed by atoms with Crippen LogP contribution >= 0.6 is 0 Å². The summed E-state index contributed by atoms with van der Waals surface area (Å²) in [4.78, 5) is 11.8. The lowest BCUT2D eigenvalue weighted by atomic mass is 10.2. The number of benzene rings is 2. The Kier molecular flexibility index (Phi) is 4.42. The number of hydrogen-bond donors (Lipinski definition) is 1. The fraction of sp³-hybridized carbons (Fsp3) is 0.0714. The second kappa shape index (κ2) is 6.25. The lowest BCUT2D eigenvalue weighted by Crippen LogP contribution is -2.14. The number of amides is 1. The zero-order valence-corrected chi connectivity index (χ0v) is 10.4. The maximum absolute atomic E-state index is 13.4. The van der Waals surface area contributed by atoms with Gasteiger partial charge in [0.1, 0.15) is 17.4 Å². The minimum absolute atomic E-state index is 0.0732. The predicted octanol–water partition coefficient (Wildman–Crippen LogP) is 3.82. The van der Waals surface area contributed by atoms with Crippen LogP contribution in [-0.4, -0.2) is 12.5 Å². The van der Waals surface area contributed by atoms with Gasteiger partial charge in [-0.1, -0.05) is 0 Å². The van der Waals surface area contributed by atoms with Crippen molar-refractivity contribution in [3.05, 3.63) is 59.7 Å². The van der Waals surface area contributed by atoms with Crippen molar-refractivity contribution >= 4 is 11.6 Å². The third kappa shape index (κ3) is 3.95. The van der Waals surface area contributed by atoms with E-state index in [4.69, 9.17) is 0 Å². The quantitative estimate of drug-likeness (QED) is 0.872. The molecule has 0 unspecified atom stereocenters. The van der Waals surface area contributed by atoms with Gasteiger partial charge in [0.25, 0.3) is 5.91 Å². The zero-order valence-electron chi connectivity index (χ0n) is 10.4. The minimum atomic E-state index is -2.95. The highest BCUT2D eigenvalue weighted by Gasteiger charge is 2.13. The summed E-state index contributed by atoms with van der Waals surface area (Å²) in [6.45, 7) is -2.95. The largest absolute Gasteiger partial charge is 0.435 e. The van der Waals surface area contributed by atoms with Gasteiger partial charge in [-0.25, -0.2) is 8.78 Å². The van der Waals surface area contributed by atoms with Gasteiger partial charge in [-0.2, -0.15) is 8.78 Å². The molecule has 0 atom stereocenters. The van der Waals surface area contributed by atoms with E-state index >= 15 is 0 Å². The van der Waals surface area contributed by atoms with Crippen molar-refractivity contribution in [1.29, 1.82) is 0 Å². The third-order valence-corrected chi connectivity index (χ3v) is 2.51. The van der Waals surface area contributed by atoms with Crippen LogP contribution < -0.4 is 10.1 Å². The molecule has 0 aromatic heterocycles. The second-order valence-corrected chi connectivity index (χ2v) is 3.98. The fourth-order valence-corrected chi connectivity index (χ4v) is 1.59. The van der Waals surface area contributed by atoms with Gasteiger partial charge in [-0.3, -0.25) is 4.79 Å². The highest BCUT2D eigenvalue weighted by Crippen LogP contribution is 2.19. The molecule has 1 amide bonds. The van der Waals surface area contributed by atoms with E-state index in [0.29, 0.717) is 6.07 Å². The molecule has 0 aliphatic carbocycles. The highest BCUT2D eigenvalue weighted by atomic mass is 19.3. The summed E-state index contributed by atoms with van der Waals surface area (Å²) < 4.78 is 54.2. The molecule has 0 aliphatic heterocycles. The number of anilines is 1. The molecule has 0 radical (unpaired) electrons. The molecule has 0 saturated carbocycles. The Morgan fingerprint density at radius 1 is 1.05 bits per heavy atom. The maximum atomic E-state index is 13.4. The number of halogens is 4. The van der Waals surface area contributed by atoms with Crippen LogP contribution in [0.15, 0.2) is 42.5 Å². The van der Waals surface area contributed by atoms with E-state index in [-0.39, 0.29) is 17.0 Å². The molecule has 110 valence electrons. The minimum Gasteiger partial charge on any atom is -0.435 e. The summed E-state index contributed by atoms with van der Waals surface area (Å²) in [7, 11) is 0. The lowest BCUT2D eigenvalue weighted by Gasteiger charge is -2.08. The zero-order chi connectivity index (χ0) is 15.4. The standard InChI is InChI=1S/C14H9F4NO2/c15-8-1-6-11(12(16)7-8)13(20)19-9-2-4-10(5-3-9)21-14(17)18/h1-7,14H,(H,19,20). The Morgan fingerprint density at radius 2 is 1.71 bits per heavy atom. The van der Waals surface area contributed by atoms with Crippen LogP contribution in [0.25, 0.3) is 0 Å². The van der Waals surface area contributed by atoms with Crippen molar-refractivity contribution < 1.29 is 27.1 Å². The molecule has 2 aromatic rings. The molecular weight excluding hydrogens is 290 g/mol. The van der Waals surface area contributed by atoms with Gasteiger partial charge < -0.3 is 10.1 Å². The van der Waals surface area contributed by atoms with E-state index in [1.165, 1.54) is 24.3 Å². The summed E-state index contributed by atoms with van der Waals surface area (Å²) in [6.07, 6.45) is 0. The van der Waals surface area contributed by atoms with Crippen LogP contribution in [-0.2, 0) is 0 Å². The van der Waals surface area contributed by atoms with E-state index in [2.05, 4.69) is 10.1 Å². The third-order valence-electron chi connectivity index (χ3n) is 2.51. The summed E-state index contributed by atoms with van der Waals surface area (Å²) in [5.74, 6) is -2.64. The van der Waals surface area contributed by atoms with Gasteiger partial charge in [0, 0.05) is 11.8 Å². The molecule has 0 saturated heterocycles. The van der Waals surface area contributed by atoms with Crippen LogP contribution in [0.2, 0.25) is 0 Å². The number of ether oxygens (including phenoxy) is 1. The number of carbonyl (C=O) groups excluding carboxylic acids is 1. The summed E-state index contributed by atoms with van der Waals surface area (Å²) >= 11 is 0. The van der Waals surface area contributed by atoms with Gasteiger partial charge in [-0.15, -0.1) is 0 Å². The Morgan fingerprint density at radius 3 is 2.29 bits per heavy atom. The van der Waals surface area contributed by atoms with E-state index in [1.54, 1.807) is 0 Å². The number of rotatable bonds is 4. The SMILES string of the molecule is O=C(Nc1ccc(OC(F)F)cc1)c1ccc(F)cc1F. The molecule has 3 nitrogen and oxygen atoms in total. The molecule has 2 aromatic carbocycles. The Bertz CT molecular complexity index is 644. The summed E-state index contributed by atoms with van der Waals surface area (Å²) in [5.41, 5.74) is -0.0744. The Balaban J connectivity index is 2.08. The molecule has 2 rings (SSSR count). The van der Waals surface area contributed by atoms with Crippen molar-refractivity contribution in [3.8, 4) is 5.75 Å². The van der Waals surface area contributed by atoms with Crippen molar-refractivity contribution in [2.45, 2.75) is 6.61 Å². The summed E-state index contributed by atoms with van der Waals surface area (Å²) in [6, 6.07) is 7.64. The monoisotopic (exact) mass is 299 g/mol. The number of hydrogen-bond acceptors (Lipinski definition) is 2. The molecule has 0 aliphatic rings. The predicted molar refractivity (Wildman–Crippen MR) is 67.4 cm³/mol. The molecular formula is C14H9F4NO2. The average Bonchev–Trinajstić information content (AvgIpc) is 2.40. The molecule has 0 fully saturated rings. The maximum Gasteiger partial charge on any atom is 0.387 e. The first-order valence-corrected chi connectivity index (χ1v) is 5.77. The molecule has 21 heavy (non-hydrogen) atoms. The Hall–Kier alpha value is -2.57. The number of carbonyl (C=O) groups is 1. The van der Waals surface area contributed by atoms with Crippen LogP contribution in [0, 0.1) is 11.6 Å².